The van der Waals surface area contributed by atoms with Crippen LogP contribution in [0.4, 0.5) is 5.82 Å². The van der Waals surface area contributed by atoms with Crippen LogP contribution in [-0.4, -0.2) is 14.8 Å². The van der Waals surface area contributed by atoms with E-state index in [0.717, 1.165) is 16.8 Å². The van der Waals surface area contributed by atoms with Gasteiger partial charge in [-0.2, -0.15) is 5.10 Å². The van der Waals surface area contributed by atoms with E-state index in [1.165, 1.54) is 5.39 Å². The maximum Gasteiger partial charge on any atom is 0.121 e. The predicted molar refractivity (Wildman–Crippen MR) is 64.9 cm³/mol. The number of nitrogen functional groups attached to an aromatic ring is 1. The number of anilines is 1. The van der Waals surface area contributed by atoms with E-state index in [-0.39, 0.29) is 0 Å². The van der Waals surface area contributed by atoms with Crippen LogP contribution >= 0.6 is 0 Å². The van der Waals surface area contributed by atoms with Gasteiger partial charge in [0.2, 0.25) is 0 Å². The van der Waals surface area contributed by atoms with Crippen LogP contribution in [0.15, 0.2) is 36.5 Å². The van der Waals surface area contributed by atoms with E-state index < -0.39 is 0 Å². The number of H-pyrrole nitrogens is 1. The van der Waals surface area contributed by atoms with Crippen molar-refractivity contribution in [3.05, 3.63) is 36.5 Å². The topological polar surface area (TPSA) is 59.6 Å². The van der Waals surface area contributed by atoms with Crippen molar-refractivity contribution in [2.24, 2.45) is 7.05 Å². The fourth-order valence-corrected chi connectivity index (χ4v) is 1.90. The van der Waals surface area contributed by atoms with E-state index in [1.54, 1.807) is 4.68 Å². The van der Waals surface area contributed by atoms with Crippen molar-refractivity contribution in [3.8, 4) is 11.3 Å². The molecule has 0 aliphatic heterocycles. The number of hydrogen-bond donors (Lipinski definition) is 2. The molecule has 16 heavy (non-hydrogen) atoms. The largest absolute Gasteiger partial charge is 0.384 e. The third-order valence-electron chi connectivity index (χ3n) is 2.78. The van der Waals surface area contributed by atoms with Gasteiger partial charge in [-0.05, 0) is 6.07 Å². The molecular formula is C12H12N4. The molecule has 0 fully saturated rings. The summed E-state index contributed by atoms with van der Waals surface area (Å²) >= 11 is 0. The molecule has 3 aromatic rings. The minimum Gasteiger partial charge on any atom is -0.384 e. The molecule has 2 heterocycles. The molecule has 80 valence electrons. The number of nitrogens with zero attached hydrogens (tertiary/aromatic N) is 2. The number of nitrogens with one attached hydrogen (secondary N) is 1. The summed E-state index contributed by atoms with van der Waals surface area (Å²) in [6.07, 6.45) is 1.96. The van der Waals surface area contributed by atoms with Gasteiger partial charge in [-0.25, -0.2) is 0 Å². The van der Waals surface area contributed by atoms with Crippen molar-refractivity contribution in [1.82, 2.24) is 14.8 Å². The van der Waals surface area contributed by atoms with E-state index in [2.05, 4.69) is 16.1 Å². The first-order valence-corrected chi connectivity index (χ1v) is 5.12. The molecule has 0 bridgehead atoms. The van der Waals surface area contributed by atoms with Gasteiger partial charge < -0.3 is 10.7 Å². The number of aryl methyl sites for hydroxylation is 1. The Labute approximate surface area is 92.7 Å². The van der Waals surface area contributed by atoms with Crippen molar-refractivity contribution in [2.45, 2.75) is 0 Å². The van der Waals surface area contributed by atoms with Crippen molar-refractivity contribution < 1.29 is 0 Å². The minimum absolute atomic E-state index is 0.667. The number of benzene rings is 1. The second-order valence-corrected chi connectivity index (χ2v) is 3.83. The summed E-state index contributed by atoms with van der Waals surface area (Å²) in [6.45, 7) is 0. The highest BCUT2D eigenvalue weighted by atomic mass is 15.3. The Balaban J connectivity index is 2.26. The second-order valence-electron chi connectivity index (χ2n) is 3.83. The summed E-state index contributed by atoms with van der Waals surface area (Å²) < 4.78 is 1.68. The van der Waals surface area contributed by atoms with E-state index in [4.69, 9.17) is 5.73 Å². The lowest BCUT2D eigenvalue weighted by Crippen LogP contribution is -1.96. The Morgan fingerprint density at radius 1 is 1.31 bits per heavy atom. The summed E-state index contributed by atoms with van der Waals surface area (Å²) in [4.78, 5) is 3.23. The normalized spacial score (nSPS) is 11.1. The molecule has 1 aromatic carbocycles. The maximum atomic E-state index is 5.78. The van der Waals surface area contributed by atoms with E-state index in [9.17, 15) is 0 Å². The van der Waals surface area contributed by atoms with Gasteiger partial charge >= 0.3 is 0 Å². The van der Waals surface area contributed by atoms with Crippen LogP contribution in [0.5, 0.6) is 0 Å². The highest BCUT2D eigenvalue weighted by Gasteiger charge is 2.09. The Hall–Kier alpha value is -2.23. The molecule has 4 nitrogen and oxygen atoms in total. The van der Waals surface area contributed by atoms with Crippen molar-refractivity contribution in [1.29, 1.82) is 0 Å². The third kappa shape index (κ3) is 1.20. The molecule has 0 radical (unpaired) electrons. The average Bonchev–Trinajstić information content (AvgIpc) is 2.83. The Morgan fingerprint density at radius 2 is 2.12 bits per heavy atom. The molecular weight excluding hydrogens is 200 g/mol. The Bertz CT molecular complexity index is 628. The summed E-state index contributed by atoms with van der Waals surface area (Å²) in [5.41, 5.74) is 8.88. The molecule has 0 spiro atoms. The first-order valence-electron chi connectivity index (χ1n) is 5.12. The zero-order valence-corrected chi connectivity index (χ0v) is 8.94. The quantitative estimate of drug-likeness (QED) is 0.649. The molecule has 3 rings (SSSR count). The lowest BCUT2D eigenvalue weighted by Gasteiger charge is -1.93. The standard InChI is InChI=1S/C12H12N4/c1-16-12(13)6-11(15-16)9-7-14-10-5-3-2-4-8(9)10/h2-7,14H,13H2,1H3. The molecule has 0 amide bonds. The fraction of sp³-hybridized carbons (Fsp3) is 0.0833. The number of aromatic nitrogens is 3. The van der Waals surface area contributed by atoms with Gasteiger partial charge in [0.05, 0.1) is 5.69 Å². The SMILES string of the molecule is Cn1nc(-c2c[nH]c3ccccc23)cc1N. The number of fused-ring (bicyclic) bond motifs is 1. The van der Waals surface area contributed by atoms with Crippen LogP contribution in [0, 0.1) is 0 Å². The number of aromatic amines is 1. The lowest BCUT2D eigenvalue weighted by molar-refractivity contribution is 0.782. The molecule has 3 N–H and O–H groups in total. The first kappa shape index (κ1) is 9.03. The molecule has 2 aromatic heterocycles. The van der Waals surface area contributed by atoms with Crippen LogP contribution < -0.4 is 5.73 Å². The maximum absolute atomic E-state index is 5.78. The van der Waals surface area contributed by atoms with Crippen LogP contribution in [0.1, 0.15) is 0 Å². The van der Waals surface area contributed by atoms with Gasteiger partial charge in [0.15, 0.2) is 0 Å². The Kier molecular flexibility index (Phi) is 1.77. The van der Waals surface area contributed by atoms with Crippen LogP contribution in [0.3, 0.4) is 0 Å². The number of rotatable bonds is 1. The van der Waals surface area contributed by atoms with Crippen LogP contribution in [0.25, 0.3) is 22.2 Å². The third-order valence-corrected chi connectivity index (χ3v) is 2.78. The molecule has 0 aliphatic carbocycles. The summed E-state index contributed by atoms with van der Waals surface area (Å²) in [5, 5.41) is 5.54. The van der Waals surface area contributed by atoms with Crippen molar-refractivity contribution >= 4 is 16.7 Å². The van der Waals surface area contributed by atoms with Gasteiger partial charge in [0.1, 0.15) is 5.82 Å². The predicted octanol–water partition coefficient (Wildman–Crippen LogP) is 2.15. The molecule has 0 aliphatic rings. The van der Waals surface area contributed by atoms with E-state index >= 15 is 0 Å². The van der Waals surface area contributed by atoms with Gasteiger partial charge in [0, 0.05) is 35.8 Å². The Morgan fingerprint density at radius 3 is 2.88 bits per heavy atom. The number of hydrogen-bond acceptors (Lipinski definition) is 2. The highest BCUT2D eigenvalue weighted by molar-refractivity contribution is 5.94. The average molecular weight is 212 g/mol. The van der Waals surface area contributed by atoms with Gasteiger partial charge in [-0.3, -0.25) is 4.68 Å². The zero-order chi connectivity index (χ0) is 11.1. The van der Waals surface area contributed by atoms with Crippen LogP contribution in [0.2, 0.25) is 0 Å². The smallest absolute Gasteiger partial charge is 0.121 e. The fourth-order valence-electron chi connectivity index (χ4n) is 1.90. The highest BCUT2D eigenvalue weighted by Crippen LogP contribution is 2.28. The van der Waals surface area contributed by atoms with Gasteiger partial charge in [-0.1, -0.05) is 18.2 Å². The van der Waals surface area contributed by atoms with Crippen LogP contribution in [-0.2, 0) is 7.05 Å². The first-order chi connectivity index (χ1) is 7.75. The van der Waals surface area contributed by atoms with Crippen molar-refractivity contribution in [3.63, 3.8) is 0 Å². The molecule has 0 unspecified atom stereocenters. The number of para-hydroxylation sites is 1. The van der Waals surface area contributed by atoms with Gasteiger partial charge in [-0.15, -0.1) is 0 Å². The molecule has 0 atom stereocenters. The molecule has 4 heteroatoms. The number of nitrogens with two attached hydrogens (primary N) is 1. The molecule has 0 saturated carbocycles. The van der Waals surface area contributed by atoms with E-state index in [1.807, 2.05) is 37.5 Å². The zero-order valence-electron chi connectivity index (χ0n) is 8.94. The van der Waals surface area contributed by atoms with Crippen molar-refractivity contribution in [2.75, 3.05) is 5.73 Å². The lowest BCUT2D eigenvalue weighted by atomic mass is 10.1. The summed E-state index contributed by atoms with van der Waals surface area (Å²) in [6, 6.07) is 10.0. The van der Waals surface area contributed by atoms with E-state index in [0.29, 0.717) is 5.82 Å². The van der Waals surface area contributed by atoms with Gasteiger partial charge in [0.25, 0.3) is 0 Å². The molecule has 0 saturated heterocycles. The second kappa shape index (κ2) is 3.13. The summed E-state index contributed by atoms with van der Waals surface area (Å²) in [7, 11) is 1.84. The monoisotopic (exact) mass is 212 g/mol. The summed E-state index contributed by atoms with van der Waals surface area (Å²) in [5.74, 6) is 0.667. The minimum atomic E-state index is 0.667.